The number of aryl methyl sites for hydroxylation is 1. The third-order valence-electron chi connectivity index (χ3n) is 4.81. The second kappa shape index (κ2) is 10.2. The topological polar surface area (TPSA) is 99.6 Å². The van der Waals surface area contributed by atoms with Gasteiger partial charge in [-0.05, 0) is 36.1 Å². The molecule has 3 aromatic rings. The Bertz CT molecular complexity index is 1260. The summed E-state index contributed by atoms with van der Waals surface area (Å²) in [4.78, 5) is 28.7. The van der Waals surface area contributed by atoms with E-state index in [1.807, 2.05) is 26.8 Å². The fourth-order valence-corrected chi connectivity index (χ4v) is 3.47. The summed E-state index contributed by atoms with van der Waals surface area (Å²) in [5.41, 5.74) is 0.530. The quantitative estimate of drug-likeness (QED) is 0.217. The van der Waals surface area contributed by atoms with Crippen LogP contribution in [0.1, 0.15) is 51.9 Å². The molecule has 0 bridgehead atoms. The molecule has 174 valence electrons. The lowest BCUT2D eigenvalue weighted by molar-refractivity contribution is -0.384. The Morgan fingerprint density at radius 3 is 2.67 bits per heavy atom. The third kappa shape index (κ3) is 6.25. The number of non-ortho nitro benzene ring substituents is 1. The highest BCUT2D eigenvalue weighted by molar-refractivity contribution is 9.10. The van der Waals surface area contributed by atoms with E-state index < -0.39 is 4.92 Å². The number of aromatic nitrogens is 2. The van der Waals surface area contributed by atoms with E-state index in [1.54, 1.807) is 18.2 Å². The van der Waals surface area contributed by atoms with E-state index in [2.05, 4.69) is 32.9 Å². The van der Waals surface area contributed by atoms with Gasteiger partial charge in [0.1, 0.15) is 11.6 Å². The Labute approximate surface area is 200 Å². The maximum Gasteiger partial charge on any atom is 0.282 e. The van der Waals surface area contributed by atoms with E-state index in [0.717, 1.165) is 17.3 Å². The largest absolute Gasteiger partial charge is 0.492 e. The van der Waals surface area contributed by atoms with Crippen LogP contribution < -0.4 is 10.3 Å². The van der Waals surface area contributed by atoms with E-state index in [4.69, 9.17) is 4.74 Å². The lowest BCUT2D eigenvalue weighted by atomic mass is 9.98. The lowest BCUT2D eigenvalue weighted by Crippen LogP contribution is -2.22. The van der Waals surface area contributed by atoms with Crippen LogP contribution in [-0.2, 0) is 6.42 Å². The van der Waals surface area contributed by atoms with Gasteiger partial charge in [0.15, 0.2) is 0 Å². The van der Waals surface area contributed by atoms with Crippen molar-refractivity contribution in [2.45, 2.75) is 47.0 Å². The summed E-state index contributed by atoms with van der Waals surface area (Å²) in [7, 11) is 0. The molecule has 0 N–H and O–H groups in total. The minimum absolute atomic E-state index is 0.0846. The smallest absolute Gasteiger partial charge is 0.282 e. The predicted molar refractivity (Wildman–Crippen MR) is 133 cm³/mol. The van der Waals surface area contributed by atoms with Crippen LogP contribution in [0.3, 0.4) is 0 Å². The highest BCUT2D eigenvalue weighted by Crippen LogP contribution is 2.25. The number of ether oxygens (including phenoxy) is 1. The van der Waals surface area contributed by atoms with Crippen molar-refractivity contribution in [1.82, 2.24) is 9.66 Å². The van der Waals surface area contributed by atoms with Crippen LogP contribution in [0.15, 0.2) is 50.8 Å². The molecule has 0 radical (unpaired) electrons. The van der Waals surface area contributed by atoms with Crippen molar-refractivity contribution in [3.63, 3.8) is 0 Å². The van der Waals surface area contributed by atoms with Crippen LogP contribution in [0.2, 0.25) is 0 Å². The summed E-state index contributed by atoms with van der Waals surface area (Å²) in [6, 6.07) is 9.69. The van der Waals surface area contributed by atoms with Crippen LogP contribution in [0.5, 0.6) is 5.75 Å². The molecule has 0 fully saturated rings. The number of benzene rings is 2. The number of nitrogens with zero attached hydrogens (tertiary/aromatic N) is 4. The Morgan fingerprint density at radius 2 is 2.00 bits per heavy atom. The zero-order valence-corrected chi connectivity index (χ0v) is 20.8. The SMILES string of the molecule is CCCCc1nc2ccc(Br)cc2c(=O)n1N=Cc1cc([N+](=O)[O-])ccc1OCC(C)(C)C. The molecule has 3 rings (SSSR count). The second-order valence-corrected chi connectivity index (χ2v) is 9.90. The number of rotatable bonds is 8. The Balaban J connectivity index is 2.11. The van der Waals surface area contributed by atoms with E-state index >= 15 is 0 Å². The number of nitro groups is 1. The molecule has 0 unspecified atom stereocenters. The summed E-state index contributed by atoms with van der Waals surface area (Å²) in [5.74, 6) is 0.995. The number of nitro benzene ring substituents is 1. The predicted octanol–water partition coefficient (Wildman–Crippen LogP) is 5.72. The van der Waals surface area contributed by atoms with Gasteiger partial charge in [-0.25, -0.2) is 4.98 Å². The van der Waals surface area contributed by atoms with Gasteiger partial charge in [-0.2, -0.15) is 9.78 Å². The molecule has 33 heavy (non-hydrogen) atoms. The van der Waals surface area contributed by atoms with E-state index in [0.29, 0.717) is 41.1 Å². The molecule has 1 aromatic heterocycles. The molecular weight excluding hydrogens is 488 g/mol. The van der Waals surface area contributed by atoms with Crippen molar-refractivity contribution >= 4 is 38.7 Å². The normalized spacial score (nSPS) is 11.9. The van der Waals surface area contributed by atoms with Crippen LogP contribution >= 0.6 is 15.9 Å². The first kappa shape index (κ1) is 24.6. The fraction of sp³-hybridized carbons (Fsp3) is 0.375. The van der Waals surface area contributed by atoms with Crippen molar-refractivity contribution in [3.8, 4) is 5.75 Å². The monoisotopic (exact) mass is 514 g/mol. The van der Waals surface area contributed by atoms with Gasteiger partial charge in [-0.15, -0.1) is 0 Å². The van der Waals surface area contributed by atoms with E-state index in [9.17, 15) is 14.9 Å². The first-order chi connectivity index (χ1) is 15.6. The molecular formula is C24H27BrN4O4. The number of hydrogen-bond acceptors (Lipinski definition) is 6. The lowest BCUT2D eigenvalue weighted by Gasteiger charge is -2.19. The minimum atomic E-state index is -0.473. The average molecular weight is 515 g/mol. The average Bonchev–Trinajstić information content (AvgIpc) is 2.75. The zero-order valence-electron chi connectivity index (χ0n) is 19.2. The summed E-state index contributed by atoms with van der Waals surface area (Å²) >= 11 is 3.40. The molecule has 8 nitrogen and oxygen atoms in total. The zero-order chi connectivity index (χ0) is 24.2. The van der Waals surface area contributed by atoms with Gasteiger partial charge < -0.3 is 4.74 Å². The molecule has 1 heterocycles. The van der Waals surface area contributed by atoms with Gasteiger partial charge in [0.2, 0.25) is 0 Å². The first-order valence-electron chi connectivity index (χ1n) is 10.8. The highest BCUT2D eigenvalue weighted by Gasteiger charge is 2.16. The number of halogens is 1. The summed E-state index contributed by atoms with van der Waals surface area (Å²) < 4.78 is 7.95. The number of fused-ring (bicyclic) bond motifs is 1. The molecule has 0 amide bonds. The van der Waals surface area contributed by atoms with Crippen molar-refractivity contribution in [3.05, 3.63) is 72.7 Å². The third-order valence-corrected chi connectivity index (χ3v) is 5.30. The molecule has 0 aliphatic rings. The Kier molecular flexibility index (Phi) is 7.63. The van der Waals surface area contributed by atoms with Gasteiger partial charge in [0.25, 0.3) is 11.2 Å². The van der Waals surface area contributed by atoms with Crippen LogP contribution in [0.25, 0.3) is 10.9 Å². The van der Waals surface area contributed by atoms with Crippen LogP contribution in [0, 0.1) is 15.5 Å². The molecule has 2 aromatic carbocycles. The molecule has 9 heteroatoms. The van der Waals surface area contributed by atoms with Gasteiger partial charge in [0.05, 0.1) is 28.6 Å². The summed E-state index contributed by atoms with van der Waals surface area (Å²) in [5, 5.41) is 16.2. The highest BCUT2D eigenvalue weighted by atomic mass is 79.9. The molecule has 0 spiro atoms. The number of hydrogen-bond donors (Lipinski definition) is 0. The van der Waals surface area contributed by atoms with Gasteiger partial charge >= 0.3 is 0 Å². The van der Waals surface area contributed by atoms with Crippen molar-refractivity contribution in [2.75, 3.05) is 6.61 Å². The van der Waals surface area contributed by atoms with E-state index in [1.165, 1.54) is 23.0 Å². The van der Waals surface area contributed by atoms with Gasteiger partial charge in [0, 0.05) is 28.6 Å². The Hall–Kier alpha value is -3.07. The van der Waals surface area contributed by atoms with Crippen molar-refractivity contribution in [1.29, 1.82) is 0 Å². The van der Waals surface area contributed by atoms with Crippen LogP contribution in [0.4, 0.5) is 5.69 Å². The fourth-order valence-electron chi connectivity index (χ4n) is 3.11. The van der Waals surface area contributed by atoms with Gasteiger partial charge in [-0.1, -0.05) is 50.0 Å². The maximum absolute atomic E-state index is 13.3. The summed E-state index contributed by atoms with van der Waals surface area (Å²) in [6.07, 6.45) is 3.79. The van der Waals surface area contributed by atoms with Gasteiger partial charge in [-0.3, -0.25) is 14.9 Å². The molecule has 0 aliphatic heterocycles. The van der Waals surface area contributed by atoms with Crippen molar-refractivity contribution < 1.29 is 9.66 Å². The van der Waals surface area contributed by atoms with Crippen LogP contribution in [-0.4, -0.2) is 27.4 Å². The molecule has 0 atom stereocenters. The second-order valence-electron chi connectivity index (χ2n) is 8.98. The maximum atomic E-state index is 13.3. The number of unbranched alkanes of at least 4 members (excludes halogenated alkanes) is 1. The van der Waals surface area contributed by atoms with E-state index in [-0.39, 0.29) is 16.7 Å². The molecule has 0 saturated heterocycles. The minimum Gasteiger partial charge on any atom is -0.492 e. The molecule has 0 aliphatic carbocycles. The molecule has 0 saturated carbocycles. The standard InChI is InChI=1S/C24H27BrN4O4/c1-5-6-7-22-27-20-10-8-17(25)13-19(20)23(30)28(22)26-14-16-12-18(29(31)32)9-11-21(16)33-15-24(2,3)4/h8-14H,5-7,15H2,1-4H3. The summed E-state index contributed by atoms with van der Waals surface area (Å²) in [6.45, 7) is 8.57. The van der Waals surface area contributed by atoms with Crippen molar-refractivity contribution in [2.24, 2.45) is 10.5 Å². The first-order valence-corrected chi connectivity index (χ1v) is 11.5. The Morgan fingerprint density at radius 1 is 1.24 bits per heavy atom.